The Kier molecular flexibility index (Phi) is 6.94. The van der Waals surface area contributed by atoms with Crippen molar-refractivity contribution in [1.29, 1.82) is 0 Å². The normalized spacial score (nSPS) is 20.6. The molecule has 2 aliphatic rings. The van der Waals surface area contributed by atoms with Gasteiger partial charge in [-0.15, -0.1) is 0 Å². The van der Waals surface area contributed by atoms with Crippen LogP contribution in [0.1, 0.15) is 49.7 Å². The molecule has 7 nitrogen and oxygen atoms in total. The molecule has 2 heterocycles. The van der Waals surface area contributed by atoms with E-state index >= 15 is 0 Å². The van der Waals surface area contributed by atoms with Crippen molar-refractivity contribution < 1.29 is 22.4 Å². The summed E-state index contributed by atoms with van der Waals surface area (Å²) in [7, 11) is -3.17. The fourth-order valence-electron chi connectivity index (χ4n) is 3.88. The maximum Gasteiger partial charge on any atom is 0.221 e. The summed E-state index contributed by atoms with van der Waals surface area (Å²) in [5, 5.41) is 2.65. The van der Waals surface area contributed by atoms with E-state index in [1.54, 1.807) is 0 Å². The lowest BCUT2D eigenvalue weighted by molar-refractivity contribution is -0.121. The van der Waals surface area contributed by atoms with E-state index in [2.05, 4.69) is 10.2 Å². The van der Waals surface area contributed by atoms with Crippen molar-refractivity contribution >= 4 is 15.7 Å². The quantitative estimate of drug-likeness (QED) is 0.719. The van der Waals surface area contributed by atoms with E-state index in [4.69, 9.17) is 9.15 Å². The van der Waals surface area contributed by atoms with Gasteiger partial charge in [-0.1, -0.05) is 12.8 Å². The van der Waals surface area contributed by atoms with Gasteiger partial charge in [-0.3, -0.25) is 9.69 Å². The van der Waals surface area contributed by atoms with Gasteiger partial charge in [0.15, 0.2) is 9.84 Å². The molecule has 0 spiro atoms. The van der Waals surface area contributed by atoms with Gasteiger partial charge in [-0.2, -0.15) is 0 Å². The van der Waals surface area contributed by atoms with Crippen LogP contribution in [0.4, 0.5) is 0 Å². The third-order valence-electron chi connectivity index (χ3n) is 5.49. The molecule has 3 rings (SSSR count). The number of sulfone groups is 1. The van der Waals surface area contributed by atoms with Crippen LogP contribution in [0.5, 0.6) is 0 Å². The Bertz CT molecular complexity index is 718. The Labute approximate surface area is 161 Å². The number of carbonyl (C=O) groups is 1. The topological polar surface area (TPSA) is 88.9 Å². The van der Waals surface area contributed by atoms with Gasteiger partial charge in [0.1, 0.15) is 11.5 Å². The highest BCUT2D eigenvalue weighted by molar-refractivity contribution is 7.92. The number of nitrogens with one attached hydrogen (secondary N) is 1. The molecule has 1 N–H and O–H groups in total. The number of morpholine rings is 1. The lowest BCUT2D eigenvalue weighted by atomic mass is 10.1. The number of aryl methyl sites for hydroxylation is 1. The molecule has 0 bridgehead atoms. The first kappa shape index (κ1) is 20.4. The molecule has 0 unspecified atom stereocenters. The molecule has 8 heteroatoms. The second kappa shape index (κ2) is 9.21. The fraction of sp³-hybridized carbons (Fsp3) is 0.737. The fourth-order valence-corrected chi connectivity index (χ4v) is 5.73. The molecule has 1 saturated carbocycles. The van der Waals surface area contributed by atoms with Crippen molar-refractivity contribution in [3.63, 3.8) is 0 Å². The second-order valence-corrected chi connectivity index (χ2v) is 9.84. The summed E-state index contributed by atoms with van der Waals surface area (Å²) in [5.41, 5.74) is 0. The first-order valence-corrected chi connectivity index (χ1v) is 11.5. The van der Waals surface area contributed by atoms with Crippen molar-refractivity contribution in [2.75, 3.05) is 38.6 Å². The molecule has 1 aromatic rings. The van der Waals surface area contributed by atoms with Crippen LogP contribution in [0.25, 0.3) is 0 Å². The third-order valence-corrected chi connectivity index (χ3v) is 7.75. The van der Waals surface area contributed by atoms with E-state index in [9.17, 15) is 13.2 Å². The standard InChI is InChI=1S/C19H30N2O5S/c1-15-6-7-18(26-15)17(21-9-11-25-12-10-21)14-20-19(22)8-13-27(23,24)16-4-2-3-5-16/h6-7,16-17H,2-5,8-14H2,1H3,(H,20,22)/t17-/m0/s1. The number of furan rings is 1. The van der Waals surface area contributed by atoms with Gasteiger partial charge in [0.05, 0.1) is 30.3 Å². The summed E-state index contributed by atoms with van der Waals surface area (Å²) >= 11 is 0. The van der Waals surface area contributed by atoms with E-state index in [-0.39, 0.29) is 29.4 Å². The summed E-state index contributed by atoms with van der Waals surface area (Å²) in [6, 6.07) is 3.78. The van der Waals surface area contributed by atoms with E-state index in [0.29, 0.717) is 19.8 Å². The second-order valence-electron chi connectivity index (χ2n) is 7.44. The number of hydrogen-bond donors (Lipinski definition) is 1. The number of carbonyl (C=O) groups excluding carboxylic acids is 1. The average Bonchev–Trinajstić information content (AvgIpc) is 3.34. The van der Waals surface area contributed by atoms with Gasteiger partial charge in [0, 0.05) is 26.1 Å². The largest absolute Gasteiger partial charge is 0.465 e. The Hall–Kier alpha value is -1.38. The molecule has 0 aromatic carbocycles. The zero-order valence-corrected chi connectivity index (χ0v) is 16.8. The highest BCUT2D eigenvalue weighted by Crippen LogP contribution is 2.26. The van der Waals surface area contributed by atoms with Gasteiger partial charge < -0.3 is 14.5 Å². The van der Waals surface area contributed by atoms with Crippen LogP contribution in [0.3, 0.4) is 0 Å². The van der Waals surface area contributed by atoms with Gasteiger partial charge in [0.25, 0.3) is 0 Å². The molecule has 1 atom stereocenters. The van der Waals surface area contributed by atoms with Gasteiger partial charge >= 0.3 is 0 Å². The third kappa shape index (κ3) is 5.56. The number of hydrogen-bond acceptors (Lipinski definition) is 6. The monoisotopic (exact) mass is 398 g/mol. The summed E-state index contributed by atoms with van der Waals surface area (Å²) in [6.45, 7) is 5.15. The molecule has 1 aliphatic heterocycles. The summed E-state index contributed by atoms with van der Waals surface area (Å²) in [4.78, 5) is 14.5. The van der Waals surface area contributed by atoms with E-state index in [1.165, 1.54) is 0 Å². The summed E-state index contributed by atoms with van der Waals surface area (Å²) < 4.78 is 35.9. The minimum atomic E-state index is -3.17. The van der Waals surface area contributed by atoms with Crippen molar-refractivity contribution in [2.24, 2.45) is 0 Å². The molecule has 2 fully saturated rings. The molecule has 27 heavy (non-hydrogen) atoms. The van der Waals surface area contributed by atoms with Crippen LogP contribution in [-0.4, -0.2) is 63.1 Å². The Morgan fingerprint density at radius 2 is 1.96 bits per heavy atom. The van der Waals surface area contributed by atoms with Crippen LogP contribution in [0.15, 0.2) is 16.5 Å². The van der Waals surface area contributed by atoms with Crippen LogP contribution in [0, 0.1) is 6.92 Å². The highest BCUT2D eigenvalue weighted by Gasteiger charge is 2.29. The molecule has 0 radical (unpaired) electrons. The first-order chi connectivity index (χ1) is 13.0. The number of amides is 1. The number of rotatable bonds is 8. The van der Waals surface area contributed by atoms with E-state index in [0.717, 1.165) is 50.3 Å². The predicted octanol–water partition coefficient (Wildman–Crippen LogP) is 1.83. The molecular formula is C19H30N2O5S. The molecule has 1 amide bonds. The van der Waals surface area contributed by atoms with Gasteiger partial charge in [-0.05, 0) is 31.9 Å². The zero-order chi connectivity index (χ0) is 19.3. The lowest BCUT2D eigenvalue weighted by Gasteiger charge is -2.33. The number of ether oxygens (including phenoxy) is 1. The molecule has 1 saturated heterocycles. The predicted molar refractivity (Wildman–Crippen MR) is 102 cm³/mol. The van der Waals surface area contributed by atoms with Crippen molar-refractivity contribution in [3.05, 3.63) is 23.7 Å². The van der Waals surface area contributed by atoms with Gasteiger partial charge in [-0.25, -0.2) is 8.42 Å². The van der Waals surface area contributed by atoms with Crippen molar-refractivity contribution in [1.82, 2.24) is 10.2 Å². The van der Waals surface area contributed by atoms with Gasteiger partial charge in [0.2, 0.25) is 5.91 Å². The van der Waals surface area contributed by atoms with Crippen molar-refractivity contribution in [3.8, 4) is 0 Å². The SMILES string of the molecule is Cc1ccc([C@H](CNC(=O)CCS(=O)(=O)C2CCCC2)N2CCOCC2)o1. The van der Waals surface area contributed by atoms with Crippen molar-refractivity contribution in [2.45, 2.75) is 50.3 Å². The lowest BCUT2D eigenvalue weighted by Crippen LogP contribution is -2.44. The first-order valence-electron chi connectivity index (χ1n) is 9.82. The number of nitrogens with zero attached hydrogens (tertiary/aromatic N) is 1. The minimum Gasteiger partial charge on any atom is -0.465 e. The maximum absolute atomic E-state index is 12.3. The van der Waals surface area contributed by atoms with E-state index < -0.39 is 9.84 Å². The summed E-state index contributed by atoms with van der Waals surface area (Å²) in [5.74, 6) is 1.36. The molecule has 1 aliphatic carbocycles. The Balaban J connectivity index is 1.53. The highest BCUT2D eigenvalue weighted by atomic mass is 32.2. The Morgan fingerprint density at radius 3 is 2.59 bits per heavy atom. The Morgan fingerprint density at radius 1 is 1.26 bits per heavy atom. The van der Waals surface area contributed by atoms with Crippen LogP contribution in [-0.2, 0) is 19.4 Å². The van der Waals surface area contributed by atoms with Crippen LogP contribution >= 0.6 is 0 Å². The average molecular weight is 399 g/mol. The molecule has 152 valence electrons. The maximum atomic E-state index is 12.3. The van der Waals surface area contributed by atoms with Crippen LogP contribution < -0.4 is 5.32 Å². The smallest absolute Gasteiger partial charge is 0.221 e. The molecular weight excluding hydrogens is 368 g/mol. The summed E-state index contributed by atoms with van der Waals surface area (Å²) in [6.07, 6.45) is 3.44. The minimum absolute atomic E-state index is 0.0197. The zero-order valence-electron chi connectivity index (χ0n) is 16.0. The molecule has 1 aromatic heterocycles. The van der Waals surface area contributed by atoms with Crippen LogP contribution in [0.2, 0.25) is 0 Å². The van der Waals surface area contributed by atoms with E-state index in [1.807, 2.05) is 19.1 Å².